The molecule has 158 valence electrons. The lowest BCUT2D eigenvalue weighted by Gasteiger charge is -2.27. The molecule has 4 heterocycles. The number of benzene rings is 2. The summed E-state index contributed by atoms with van der Waals surface area (Å²) in [5, 5.41) is 0. The highest BCUT2D eigenvalue weighted by molar-refractivity contribution is 5.93. The van der Waals surface area contributed by atoms with Gasteiger partial charge >= 0.3 is 0 Å². The third-order valence-corrected chi connectivity index (χ3v) is 7.41. The van der Waals surface area contributed by atoms with E-state index in [2.05, 4.69) is 43.3 Å². The van der Waals surface area contributed by atoms with Crippen molar-refractivity contribution in [3.63, 3.8) is 0 Å². The van der Waals surface area contributed by atoms with E-state index in [4.69, 9.17) is 4.74 Å². The maximum Gasteiger partial charge on any atom is 0.230 e. The Balaban J connectivity index is 1.20. The van der Waals surface area contributed by atoms with Gasteiger partial charge in [-0.25, -0.2) is 0 Å². The molecule has 2 unspecified atom stereocenters. The van der Waals surface area contributed by atoms with Gasteiger partial charge in [-0.15, -0.1) is 0 Å². The summed E-state index contributed by atoms with van der Waals surface area (Å²) in [6.07, 6.45) is 4.56. The van der Waals surface area contributed by atoms with Crippen LogP contribution >= 0.6 is 0 Å². The van der Waals surface area contributed by atoms with Gasteiger partial charge < -0.3 is 14.5 Å². The van der Waals surface area contributed by atoms with Gasteiger partial charge in [-0.05, 0) is 30.0 Å². The molecule has 0 saturated carbocycles. The molecular weight excluding hydrogens is 388 g/mol. The Kier molecular flexibility index (Phi) is 4.12. The number of hydrogen-bond acceptors (Lipinski definition) is 3. The van der Waals surface area contributed by atoms with Crippen molar-refractivity contribution in [2.45, 2.75) is 38.1 Å². The van der Waals surface area contributed by atoms with E-state index in [0.717, 1.165) is 6.42 Å². The average molecular weight is 415 g/mol. The van der Waals surface area contributed by atoms with Crippen LogP contribution in [0, 0.1) is 18.8 Å². The standard InChI is InChI=1S/C26H26N2O3/c1-17-6-8-18(9-7-17)11-13-27-16-26-12-10-21(31-26)22(23(26)25(27)30)24(29)28-14-19-4-2-3-5-20(19)15-28/h2-10,12,21-23H,11,13-16H2,1H3/t21-,22?,23?,26-/m0/s1. The Morgan fingerprint density at radius 2 is 1.81 bits per heavy atom. The molecule has 0 N–H and O–H groups in total. The van der Waals surface area contributed by atoms with Crippen molar-refractivity contribution in [2.24, 2.45) is 11.8 Å². The maximum atomic E-state index is 13.6. The molecule has 5 nitrogen and oxygen atoms in total. The van der Waals surface area contributed by atoms with Gasteiger partial charge in [0.1, 0.15) is 5.60 Å². The Morgan fingerprint density at radius 3 is 2.52 bits per heavy atom. The van der Waals surface area contributed by atoms with Gasteiger partial charge in [0, 0.05) is 19.6 Å². The Morgan fingerprint density at radius 1 is 1.10 bits per heavy atom. The van der Waals surface area contributed by atoms with Crippen molar-refractivity contribution in [2.75, 3.05) is 13.1 Å². The summed E-state index contributed by atoms with van der Waals surface area (Å²) in [6, 6.07) is 16.6. The van der Waals surface area contributed by atoms with Crippen LogP contribution in [0.25, 0.3) is 0 Å². The second-order valence-electron chi connectivity index (χ2n) is 9.36. The third kappa shape index (κ3) is 2.87. The molecular formula is C26H26N2O3. The quantitative estimate of drug-likeness (QED) is 0.723. The fraction of sp³-hybridized carbons (Fsp3) is 0.385. The number of fused-ring (bicyclic) bond motifs is 2. The van der Waals surface area contributed by atoms with E-state index >= 15 is 0 Å². The largest absolute Gasteiger partial charge is 0.360 e. The normalized spacial score (nSPS) is 30.2. The number of likely N-dealkylation sites (tertiary alicyclic amines) is 1. The minimum absolute atomic E-state index is 0.0474. The van der Waals surface area contributed by atoms with E-state index in [0.29, 0.717) is 26.2 Å². The molecule has 31 heavy (non-hydrogen) atoms. The van der Waals surface area contributed by atoms with Crippen molar-refractivity contribution in [1.82, 2.24) is 9.80 Å². The highest BCUT2D eigenvalue weighted by Crippen LogP contribution is 2.52. The lowest BCUT2D eigenvalue weighted by molar-refractivity contribution is -0.143. The molecule has 4 atom stereocenters. The lowest BCUT2D eigenvalue weighted by atomic mass is 9.76. The van der Waals surface area contributed by atoms with E-state index < -0.39 is 17.4 Å². The Hall–Kier alpha value is -2.92. The average Bonchev–Trinajstić information content (AvgIpc) is 3.52. The number of hydrogen-bond donors (Lipinski definition) is 0. The minimum atomic E-state index is -0.637. The molecule has 2 aromatic carbocycles. The fourth-order valence-corrected chi connectivity index (χ4v) is 5.77. The number of rotatable bonds is 4. The summed E-state index contributed by atoms with van der Waals surface area (Å²) >= 11 is 0. The fourth-order valence-electron chi connectivity index (χ4n) is 5.77. The first-order chi connectivity index (χ1) is 15.0. The molecule has 2 bridgehead atoms. The molecule has 0 radical (unpaired) electrons. The van der Waals surface area contributed by atoms with Crippen molar-refractivity contribution < 1.29 is 14.3 Å². The van der Waals surface area contributed by atoms with Gasteiger partial charge in [0.05, 0.1) is 24.5 Å². The van der Waals surface area contributed by atoms with Gasteiger partial charge in [0.2, 0.25) is 11.8 Å². The van der Waals surface area contributed by atoms with Crippen LogP contribution in [-0.2, 0) is 33.8 Å². The second kappa shape index (κ2) is 6.79. The van der Waals surface area contributed by atoms with E-state index in [1.807, 2.05) is 34.1 Å². The van der Waals surface area contributed by atoms with Gasteiger partial charge in [0.15, 0.2) is 0 Å². The van der Waals surface area contributed by atoms with Crippen LogP contribution in [0.3, 0.4) is 0 Å². The molecule has 4 aliphatic heterocycles. The van der Waals surface area contributed by atoms with E-state index in [-0.39, 0.29) is 17.9 Å². The van der Waals surface area contributed by atoms with Crippen LogP contribution in [0.5, 0.6) is 0 Å². The summed E-state index contributed by atoms with van der Waals surface area (Å²) in [6.45, 7) is 4.50. The minimum Gasteiger partial charge on any atom is -0.360 e. The van der Waals surface area contributed by atoms with Crippen molar-refractivity contribution in [1.29, 1.82) is 0 Å². The Labute approximate surface area is 182 Å². The molecule has 4 aliphatic rings. The topological polar surface area (TPSA) is 49.9 Å². The molecule has 5 heteroatoms. The monoisotopic (exact) mass is 414 g/mol. The highest BCUT2D eigenvalue weighted by atomic mass is 16.5. The summed E-state index contributed by atoms with van der Waals surface area (Å²) in [5.41, 5.74) is 4.21. The number of carbonyl (C=O) groups excluding carboxylic acids is 2. The third-order valence-electron chi connectivity index (χ3n) is 7.41. The lowest BCUT2D eigenvalue weighted by Crippen LogP contribution is -2.44. The predicted molar refractivity (Wildman–Crippen MR) is 116 cm³/mol. The molecule has 1 spiro atoms. The smallest absolute Gasteiger partial charge is 0.230 e. The van der Waals surface area contributed by atoms with E-state index in [1.54, 1.807) is 0 Å². The molecule has 2 amide bonds. The maximum absolute atomic E-state index is 13.6. The second-order valence-corrected chi connectivity index (χ2v) is 9.36. The zero-order valence-electron chi connectivity index (χ0n) is 17.7. The van der Waals surface area contributed by atoms with Crippen LogP contribution < -0.4 is 0 Å². The molecule has 2 aromatic rings. The number of ether oxygens (including phenoxy) is 1. The van der Waals surface area contributed by atoms with Crippen molar-refractivity contribution in [3.8, 4) is 0 Å². The van der Waals surface area contributed by atoms with Crippen LogP contribution in [0.15, 0.2) is 60.7 Å². The highest BCUT2D eigenvalue weighted by Gasteiger charge is 2.67. The SMILES string of the molecule is Cc1ccc(CCN2C[C@]34C=C[C@H](O3)C(C(=O)N3Cc5ccccc5C3)C4C2=O)cc1. The number of carbonyl (C=O) groups is 2. The molecule has 6 rings (SSSR count). The first kappa shape index (κ1) is 18.8. The zero-order chi connectivity index (χ0) is 21.2. The number of aryl methyl sites for hydroxylation is 1. The van der Waals surface area contributed by atoms with Gasteiger partial charge in [-0.1, -0.05) is 66.2 Å². The molecule has 2 saturated heterocycles. The van der Waals surface area contributed by atoms with Crippen molar-refractivity contribution >= 4 is 11.8 Å². The summed E-state index contributed by atoms with van der Waals surface area (Å²) in [5.74, 6) is -0.715. The number of amides is 2. The number of nitrogens with zero attached hydrogens (tertiary/aromatic N) is 2. The zero-order valence-corrected chi connectivity index (χ0v) is 17.7. The van der Waals surface area contributed by atoms with Crippen LogP contribution in [0.2, 0.25) is 0 Å². The van der Waals surface area contributed by atoms with E-state index in [9.17, 15) is 9.59 Å². The van der Waals surface area contributed by atoms with Gasteiger partial charge in [-0.3, -0.25) is 9.59 Å². The van der Waals surface area contributed by atoms with Gasteiger partial charge in [0.25, 0.3) is 0 Å². The Bertz CT molecular complexity index is 1070. The first-order valence-electron chi connectivity index (χ1n) is 11.1. The molecule has 0 aromatic heterocycles. The predicted octanol–water partition coefficient (Wildman–Crippen LogP) is 2.86. The van der Waals surface area contributed by atoms with E-state index in [1.165, 1.54) is 22.3 Å². The van der Waals surface area contributed by atoms with Crippen LogP contribution in [0.1, 0.15) is 22.3 Å². The van der Waals surface area contributed by atoms with Gasteiger partial charge in [-0.2, -0.15) is 0 Å². The summed E-state index contributed by atoms with van der Waals surface area (Å²) in [4.78, 5) is 30.8. The summed E-state index contributed by atoms with van der Waals surface area (Å²) < 4.78 is 6.30. The molecule has 2 fully saturated rings. The van der Waals surface area contributed by atoms with Crippen molar-refractivity contribution in [3.05, 3.63) is 82.9 Å². The first-order valence-corrected chi connectivity index (χ1v) is 11.1. The summed E-state index contributed by atoms with van der Waals surface area (Å²) in [7, 11) is 0. The molecule has 0 aliphatic carbocycles. The van der Waals surface area contributed by atoms with Crippen LogP contribution in [-0.4, -0.2) is 46.4 Å². The van der Waals surface area contributed by atoms with Crippen LogP contribution in [0.4, 0.5) is 0 Å².